The Morgan fingerprint density at radius 1 is 1.20 bits per heavy atom. The number of benzene rings is 1. The van der Waals surface area contributed by atoms with Gasteiger partial charge in [0.2, 0.25) is 10.0 Å². The van der Waals surface area contributed by atoms with Crippen molar-refractivity contribution in [1.82, 2.24) is 4.72 Å². The van der Waals surface area contributed by atoms with Gasteiger partial charge in [0.15, 0.2) is 0 Å². The van der Waals surface area contributed by atoms with Gasteiger partial charge in [-0.05, 0) is 37.5 Å². The normalized spacial score (nSPS) is 15.9. The average molecular weight is 368 g/mol. The largest absolute Gasteiger partial charge is 0.478 e. The van der Waals surface area contributed by atoms with E-state index in [9.17, 15) is 18.3 Å². The summed E-state index contributed by atoms with van der Waals surface area (Å²) in [7, 11) is -3.77. The van der Waals surface area contributed by atoms with E-state index in [2.05, 4.69) is 17.0 Å². The molecule has 0 unspecified atom stereocenters. The number of carboxylic acids is 1. The van der Waals surface area contributed by atoms with Crippen molar-refractivity contribution in [2.45, 2.75) is 69.2 Å². The quantitative estimate of drug-likeness (QED) is 0.579. The molecule has 1 saturated carbocycles. The van der Waals surface area contributed by atoms with Crippen LogP contribution in [0.2, 0.25) is 0 Å². The molecular weight excluding hydrogens is 340 g/mol. The molecule has 0 radical (unpaired) electrons. The summed E-state index contributed by atoms with van der Waals surface area (Å²) < 4.78 is 28.4. The first-order chi connectivity index (χ1) is 11.9. The lowest BCUT2D eigenvalue weighted by atomic mass is 9.96. The third-order valence-electron chi connectivity index (χ3n) is 4.54. The smallest absolute Gasteiger partial charge is 0.335 e. The number of rotatable bonds is 9. The topological polar surface area (TPSA) is 95.5 Å². The van der Waals surface area contributed by atoms with E-state index in [4.69, 9.17) is 0 Å². The summed E-state index contributed by atoms with van der Waals surface area (Å²) >= 11 is 0. The second kappa shape index (κ2) is 9.20. The Morgan fingerprint density at radius 2 is 1.92 bits per heavy atom. The van der Waals surface area contributed by atoms with Crippen LogP contribution in [-0.4, -0.2) is 32.1 Å². The van der Waals surface area contributed by atoms with E-state index >= 15 is 0 Å². The highest BCUT2D eigenvalue weighted by Gasteiger charge is 2.25. The van der Waals surface area contributed by atoms with Crippen molar-refractivity contribution in [2.75, 3.05) is 11.9 Å². The van der Waals surface area contributed by atoms with Crippen molar-refractivity contribution in [2.24, 2.45) is 0 Å². The third-order valence-corrected chi connectivity index (χ3v) is 6.10. The number of hydrogen-bond acceptors (Lipinski definition) is 4. The maximum atomic E-state index is 12.8. The molecule has 1 aliphatic carbocycles. The number of nitrogens with one attached hydrogen (secondary N) is 2. The van der Waals surface area contributed by atoms with Gasteiger partial charge < -0.3 is 10.4 Å². The fourth-order valence-corrected chi connectivity index (χ4v) is 4.64. The molecule has 140 valence electrons. The average Bonchev–Trinajstić information content (AvgIpc) is 2.59. The van der Waals surface area contributed by atoms with E-state index in [1.807, 2.05) is 0 Å². The third kappa shape index (κ3) is 5.71. The fourth-order valence-electron chi connectivity index (χ4n) is 3.13. The van der Waals surface area contributed by atoms with Crippen LogP contribution in [0.3, 0.4) is 0 Å². The molecule has 1 aromatic carbocycles. The Hall–Kier alpha value is -1.60. The summed E-state index contributed by atoms with van der Waals surface area (Å²) in [6.45, 7) is 2.76. The molecule has 0 bridgehead atoms. The zero-order chi connectivity index (χ0) is 18.3. The number of carboxylic acid groups (broad SMARTS) is 1. The Bertz CT molecular complexity index is 682. The van der Waals surface area contributed by atoms with Crippen LogP contribution in [-0.2, 0) is 10.0 Å². The van der Waals surface area contributed by atoms with Crippen molar-refractivity contribution in [1.29, 1.82) is 0 Å². The molecule has 1 fully saturated rings. The minimum absolute atomic E-state index is 0.0227. The summed E-state index contributed by atoms with van der Waals surface area (Å²) in [6, 6.07) is 4.16. The van der Waals surface area contributed by atoms with Crippen LogP contribution in [0.25, 0.3) is 0 Å². The van der Waals surface area contributed by atoms with Crippen molar-refractivity contribution in [3.05, 3.63) is 23.8 Å². The Kier molecular flexibility index (Phi) is 7.25. The van der Waals surface area contributed by atoms with Gasteiger partial charge >= 0.3 is 5.97 Å². The second-order valence-electron chi connectivity index (χ2n) is 6.61. The molecule has 0 atom stereocenters. The summed E-state index contributed by atoms with van der Waals surface area (Å²) in [5.74, 6) is -1.13. The highest BCUT2D eigenvalue weighted by Crippen LogP contribution is 2.26. The number of aromatic carboxylic acids is 1. The first-order valence-electron chi connectivity index (χ1n) is 9.07. The molecule has 0 amide bonds. The van der Waals surface area contributed by atoms with E-state index < -0.39 is 16.0 Å². The number of anilines is 1. The fraction of sp³-hybridized carbons (Fsp3) is 0.611. The van der Waals surface area contributed by atoms with Gasteiger partial charge in [-0.3, -0.25) is 0 Å². The van der Waals surface area contributed by atoms with Crippen LogP contribution in [0, 0.1) is 0 Å². The van der Waals surface area contributed by atoms with Crippen LogP contribution in [0.4, 0.5) is 5.69 Å². The van der Waals surface area contributed by atoms with E-state index in [1.54, 1.807) is 6.07 Å². The van der Waals surface area contributed by atoms with E-state index in [-0.39, 0.29) is 16.5 Å². The molecular formula is C18H28N2O4S. The molecule has 0 aliphatic heterocycles. The van der Waals surface area contributed by atoms with Gasteiger partial charge in [-0.25, -0.2) is 17.9 Å². The predicted octanol–water partition coefficient (Wildman–Crippen LogP) is 3.60. The lowest BCUT2D eigenvalue weighted by Crippen LogP contribution is -2.36. The summed E-state index contributed by atoms with van der Waals surface area (Å²) in [6.07, 6.45) is 7.91. The van der Waals surface area contributed by atoms with Crippen LogP contribution in [0.15, 0.2) is 23.1 Å². The van der Waals surface area contributed by atoms with Gasteiger partial charge in [0.25, 0.3) is 0 Å². The van der Waals surface area contributed by atoms with Crippen LogP contribution in [0.5, 0.6) is 0 Å². The van der Waals surface area contributed by atoms with Gasteiger partial charge in [-0.2, -0.15) is 0 Å². The Labute approximate surface area is 150 Å². The highest BCUT2D eigenvalue weighted by atomic mass is 32.2. The van der Waals surface area contributed by atoms with Crippen molar-refractivity contribution in [3.63, 3.8) is 0 Å². The van der Waals surface area contributed by atoms with Crippen molar-refractivity contribution < 1.29 is 18.3 Å². The lowest BCUT2D eigenvalue weighted by Gasteiger charge is -2.23. The van der Waals surface area contributed by atoms with E-state index in [0.29, 0.717) is 12.2 Å². The van der Waals surface area contributed by atoms with E-state index in [0.717, 1.165) is 51.4 Å². The standard InChI is InChI=1S/C18H28N2O4S/c1-2-3-7-12-19-16-11-10-14(18(21)22)13-17(16)25(23,24)20-15-8-5-4-6-9-15/h10-11,13,15,19-20H,2-9,12H2,1H3,(H,21,22). The van der Waals surface area contributed by atoms with Crippen molar-refractivity contribution in [3.8, 4) is 0 Å². The molecule has 7 heteroatoms. The second-order valence-corrected chi connectivity index (χ2v) is 8.29. The molecule has 0 heterocycles. The minimum atomic E-state index is -3.77. The monoisotopic (exact) mass is 368 g/mol. The van der Waals surface area contributed by atoms with Crippen LogP contribution in [0.1, 0.15) is 68.6 Å². The van der Waals surface area contributed by atoms with Crippen molar-refractivity contribution >= 4 is 21.7 Å². The summed E-state index contributed by atoms with van der Waals surface area (Å²) in [5, 5.41) is 12.3. The summed E-state index contributed by atoms with van der Waals surface area (Å²) in [4.78, 5) is 11.3. The molecule has 6 nitrogen and oxygen atoms in total. The number of carbonyl (C=O) groups is 1. The Morgan fingerprint density at radius 3 is 2.56 bits per heavy atom. The molecule has 0 saturated heterocycles. The van der Waals surface area contributed by atoms with Gasteiger partial charge in [-0.15, -0.1) is 0 Å². The maximum Gasteiger partial charge on any atom is 0.335 e. The maximum absolute atomic E-state index is 12.8. The first-order valence-corrected chi connectivity index (χ1v) is 10.6. The molecule has 1 aliphatic rings. The number of unbranched alkanes of at least 4 members (excludes halogenated alkanes) is 2. The van der Waals surface area contributed by atoms with Gasteiger partial charge in [0.1, 0.15) is 4.90 Å². The first kappa shape index (κ1) is 19.7. The van der Waals surface area contributed by atoms with E-state index in [1.165, 1.54) is 12.1 Å². The Balaban J connectivity index is 2.23. The molecule has 0 spiro atoms. The summed E-state index contributed by atoms with van der Waals surface area (Å²) in [5.41, 5.74) is 0.438. The lowest BCUT2D eigenvalue weighted by molar-refractivity contribution is 0.0696. The number of hydrogen-bond donors (Lipinski definition) is 3. The SMILES string of the molecule is CCCCCNc1ccc(C(=O)O)cc1S(=O)(=O)NC1CCCCC1. The van der Waals surface area contributed by atoms with Gasteiger partial charge in [0, 0.05) is 12.6 Å². The number of sulfonamides is 1. The molecule has 3 N–H and O–H groups in total. The zero-order valence-corrected chi connectivity index (χ0v) is 15.6. The van der Waals surface area contributed by atoms with Gasteiger partial charge in [0.05, 0.1) is 11.3 Å². The minimum Gasteiger partial charge on any atom is -0.478 e. The highest BCUT2D eigenvalue weighted by molar-refractivity contribution is 7.89. The molecule has 1 aromatic rings. The zero-order valence-electron chi connectivity index (χ0n) is 14.8. The predicted molar refractivity (Wildman–Crippen MR) is 98.6 cm³/mol. The molecule has 2 rings (SSSR count). The molecule has 25 heavy (non-hydrogen) atoms. The van der Waals surface area contributed by atoms with Crippen LogP contribution >= 0.6 is 0 Å². The molecule has 0 aromatic heterocycles. The van der Waals surface area contributed by atoms with Gasteiger partial charge in [-0.1, -0.05) is 39.0 Å². The van der Waals surface area contributed by atoms with Crippen LogP contribution < -0.4 is 10.0 Å².